The quantitative estimate of drug-likeness (QED) is 0.0377. The second-order valence-corrected chi connectivity index (χ2v) is 18.9. The van der Waals surface area contributed by atoms with Crippen LogP contribution >= 0.6 is 35.3 Å². The summed E-state index contributed by atoms with van der Waals surface area (Å²) in [6.07, 6.45) is -0.593. The van der Waals surface area contributed by atoms with Gasteiger partial charge in [0.15, 0.2) is 0 Å². The Kier molecular flexibility index (Phi) is 41.7. The van der Waals surface area contributed by atoms with E-state index in [0.717, 1.165) is 7.11 Å². The highest BCUT2D eigenvalue weighted by atomic mass is 32.2. The number of amides is 3. The fraction of sp³-hybridized carbons (Fsp3) is 0.688. The maximum absolute atomic E-state index is 12.0. The number of hydrogen-bond acceptors (Lipinski definition) is 24. The van der Waals surface area contributed by atoms with Crippen LogP contribution in [0.25, 0.3) is 0 Å². The van der Waals surface area contributed by atoms with E-state index in [9.17, 15) is 71.9 Å². The van der Waals surface area contributed by atoms with Crippen molar-refractivity contribution in [2.45, 2.75) is 146 Å². The molecule has 0 aliphatic rings. The lowest BCUT2D eigenvalue weighted by atomic mass is 10.1. The maximum atomic E-state index is 12.0. The highest BCUT2D eigenvalue weighted by Gasteiger charge is 2.30. The Morgan fingerprint density at radius 2 is 0.653 bits per heavy atom. The molecule has 0 aromatic rings. The molecule has 0 aromatic heterocycles. The molecule has 0 saturated carbocycles. The van der Waals surface area contributed by atoms with Crippen LogP contribution in [0.1, 0.15) is 122 Å². The van der Waals surface area contributed by atoms with E-state index in [1.165, 1.54) is 0 Å². The Hall–Kier alpha value is -5.70. The Morgan fingerprint density at radius 1 is 0.387 bits per heavy atom. The minimum atomic E-state index is -1.05. The van der Waals surface area contributed by atoms with Crippen molar-refractivity contribution in [2.24, 2.45) is 17.8 Å². The van der Waals surface area contributed by atoms with Gasteiger partial charge in [0, 0.05) is 35.0 Å². The highest BCUT2D eigenvalue weighted by Crippen LogP contribution is 2.14. The van der Waals surface area contributed by atoms with Crippen LogP contribution in [0, 0.1) is 17.8 Å². The fourth-order valence-corrected chi connectivity index (χ4v) is 6.96. The first-order valence-corrected chi connectivity index (χ1v) is 27.0. The molecule has 0 fully saturated rings. The number of hydrogen-bond donors (Lipinski definition) is 3. The Morgan fingerprint density at radius 3 is 0.893 bits per heavy atom. The molecule has 3 N–H and O–H groups in total. The number of thioether (sulfide) groups is 3. The molecule has 24 nitrogen and oxygen atoms in total. The van der Waals surface area contributed by atoms with Gasteiger partial charge in [-0.25, -0.2) is 14.4 Å². The average Bonchev–Trinajstić information content (AvgIpc) is 3.36. The van der Waals surface area contributed by atoms with E-state index in [4.69, 9.17) is 18.9 Å². The summed E-state index contributed by atoms with van der Waals surface area (Å²) in [7, 11) is 1.11. The number of carbonyl (C=O) groups excluding carboxylic acids is 15. The van der Waals surface area contributed by atoms with Crippen molar-refractivity contribution in [3.63, 3.8) is 0 Å². The third-order valence-corrected chi connectivity index (χ3v) is 12.5. The van der Waals surface area contributed by atoms with Crippen molar-refractivity contribution in [1.29, 1.82) is 0 Å². The predicted octanol–water partition coefficient (Wildman–Crippen LogP) is 2.59. The SMILES string of the molecule is CCOC(=O)C(CSC(=O)C(=O)CC(=O)OC(C)C)NC(=O)C(C)CC.CCOC(=O)C(CSC(=O)C(=O)CC(=O)OC)NC(=O)C(C)CC.CCOC(=O)CC(=O)C(=O)SCC(NC(=O)C(C)CC)C(=O)OCC. The summed E-state index contributed by atoms with van der Waals surface area (Å²) in [5.74, 6) is -9.62. The van der Waals surface area contributed by atoms with Crippen molar-refractivity contribution in [3.8, 4) is 0 Å². The molecule has 75 heavy (non-hydrogen) atoms. The van der Waals surface area contributed by atoms with Crippen LogP contribution in [0.2, 0.25) is 0 Å². The lowest BCUT2D eigenvalue weighted by molar-refractivity contribution is -0.151. The molecular formula is C48H75N3O21S3. The van der Waals surface area contributed by atoms with E-state index in [1.807, 2.05) is 20.8 Å². The predicted molar refractivity (Wildman–Crippen MR) is 275 cm³/mol. The van der Waals surface area contributed by atoms with Gasteiger partial charge in [0.25, 0.3) is 15.3 Å². The number of ketones is 3. The smallest absolute Gasteiger partial charge is 0.329 e. The van der Waals surface area contributed by atoms with Crippen LogP contribution in [-0.4, -0.2) is 161 Å². The minimum Gasteiger partial charge on any atom is -0.469 e. The van der Waals surface area contributed by atoms with Crippen molar-refractivity contribution in [2.75, 3.05) is 50.8 Å². The monoisotopic (exact) mass is 1130 g/mol. The second kappa shape index (κ2) is 42.5. The molecule has 0 heterocycles. The van der Waals surface area contributed by atoms with Crippen LogP contribution in [0.5, 0.6) is 0 Å². The van der Waals surface area contributed by atoms with E-state index >= 15 is 0 Å². The van der Waals surface area contributed by atoms with E-state index < -0.39 is 106 Å². The molecule has 27 heteroatoms. The van der Waals surface area contributed by atoms with Crippen LogP contribution < -0.4 is 16.0 Å². The topological polar surface area (TPSA) is 348 Å². The van der Waals surface area contributed by atoms with Crippen molar-refractivity contribution in [1.82, 2.24) is 16.0 Å². The highest BCUT2D eigenvalue weighted by molar-refractivity contribution is 8.16. The normalized spacial score (nSPS) is 12.7. The molecule has 0 spiro atoms. The molecule has 0 aromatic carbocycles. The van der Waals surface area contributed by atoms with Gasteiger partial charge in [0.1, 0.15) is 37.4 Å². The van der Waals surface area contributed by atoms with E-state index in [2.05, 4.69) is 25.4 Å². The van der Waals surface area contributed by atoms with Crippen molar-refractivity contribution >= 4 is 122 Å². The van der Waals surface area contributed by atoms with Gasteiger partial charge >= 0.3 is 35.8 Å². The van der Waals surface area contributed by atoms with Crippen molar-refractivity contribution < 1.29 is 100 Å². The molecule has 0 aliphatic heterocycles. The standard InChI is InChI=1S/C17H27NO7S.C16H25NO7S.C15H23NO7S/c1-6-11(5)15(21)18-12(16(22)24-7-2)9-26-17(23)13(19)8-14(20)25-10(3)4;1-5-10(4)14(20)17-11(15(21)24-7-3)9-25-16(22)12(18)8-13(19)23-6-2;1-5-9(3)13(19)16-10(14(20)23-6-2)8-24-15(21)11(17)7-12(18)22-4/h10-12H,6-9H2,1-5H3,(H,18,21);10-11H,5-9H2,1-4H3,(H,17,20);9-10H,5-8H2,1-4H3,(H,16,19). The molecule has 6 atom stereocenters. The number of carbonyl (C=O) groups is 15. The first kappa shape index (κ1) is 73.5. The van der Waals surface area contributed by atoms with Crippen molar-refractivity contribution in [3.05, 3.63) is 0 Å². The summed E-state index contributed by atoms with van der Waals surface area (Å²) < 4.78 is 28.3. The van der Waals surface area contributed by atoms with Crippen LogP contribution in [0.3, 0.4) is 0 Å². The van der Waals surface area contributed by atoms with Gasteiger partial charge in [-0.3, -0.25) is 57.5 Å². The van der Waals surface area contributed by atoms with Gasteiger partial charge in [0.05, 0.1) is 39.6 Å². The number of nitrogens with one attached hydrogen (secondary N) is 3. The zero-order valence-corrected chi connectivity index (χ0v) is 47.5. The van der Waals surface area contributed by atoms with E-state index in [-0.39, 0.29) is 85.3 Å². The summed E-state index contributed by atoms with van der Waals surface area (Å²) in [6.45, 7) is 20.8. The van der Waals surface area contributed by atoms with Gasteiger partial charge in [0.2, 0.25) is 35.1 Å². The molecule has 426 valence electrons. The van der Waals surface area contributed by atoms with Gasteiger partial charge < -0.3 is 44.4 Å². The van der Waals surface area contributed by atoms with Gasteiger partial charge in [-0.1, -0.05) is 76.8 Å². The van der Waals surface area contributed by atoms with Gasteiger partial charge in [-0.2, -0.15) is 0 Å². The number of esters is 6. The molecule has 0 rings (SSSR count). The summed E-state index contributed by atoms with van der Waals surface area (Å²) in [6, 6.07) is -3.15. The zero-order chi connectivity index (χ0) is 58.4. The number of methoxy groups -OCH3 is 1. The number of Topliss-reactive ketones (excluding diaryl/α,β-unsaturated/α-hetero) is 3. The van der Waals surface area contributed by atoms with Gasteiger partial charge in [-0.15, -0.1) is 0 Å². The minimum absolute atomic E-state index is 0.111. The van der Waals surface area contributed by atoms with E-state index in [0.29, 0.717) is 54.5 Å². The first-order chi connectivity index (χ1) is 35.1. The Balaban J connectivity index is -0.00000104. The fourth-order valence-electron chi connectivity index (χ4n) is 4.65. The Labute approximate surface area is 450 Å². The average molecular weight is 1130 g/mol. The van der Waals surface area contributed by atoms with Crippen LogP contribution in [-0.2, 0) is 100 Å². The largest absolute Gasteiger partial charge is 0.469 e. The summed E-state index contributed by atoms with van der Waals surface area (Å²) >= 11 is 1.66. The van der Waals surface area contributed by atoms with Crippen LogP contribution in [0.4, 0.5) is 0 Å². The molecule has 0 radical (unpaired) electrons. The lowest BCUT2D eigenvalue weighted by Gasteiger charge is -2.18. The van der Waals surface area contributed by atoms with Crippen LogP contribution in [0.15, 0.2) is 0 Å². The summed E-state index contributed by atoms with van der Waals surface area (Å²) in [5, 5.41) is 4.92. The van der Waals surface area contributed by atoms with Gasteiger partial charge in [-0.05, 0) is 60.8 Å². The Bertz CT molecular complexity index is 1960. The molecular weight excluding hydrogens is 1050 g/mol. The summed E-state index contributed by atoms with van der Waals surface area (Å²) in [4.78, 5) is 175. The third kappa shape index (κ3) is 34.5. The molecule has 3 amide bonds. The summed E-state index contributed by atoms with van der Waals surface area (Å²) in [5.41, 5.74) is 0. The third-order valence-electron chi connectivity index (χ3n) is 9.48. The first-order valence-electron chi connectivity index (χ1n) is 24.1. The maximum Gasteiger partial charge on any atom is 0.329 e. The lowest BCUT2D eigenvalue weighted by Crippen LogP contribution is -2.45. The number of ether oxygens (including phenoxy) is 6. The number of rotatable bonds is 32. The zero-order valence-electron chi connectivity index (χ0n) is 45.0. The second-order valence-electron chi connectivity index (χ2n) is 15.9. The molecule has 0 bridgehead atoms. The molecule has 6 unspecified atom stereocenters. The van der Waals surface area contributed by atoms with E-state index in [1.54, 1.807) is 62.3 Å². The molecule has 0 aliphatic carbocycles. The molecule has 0 saturated heterocycles.